The van der Waals surface area contributed by atoms with Crippen LogP contribution in [-0.4, -0.2) is 39.2 Å². The summed E-state index contributed by atoms with van der Waals surface area (Å²) in [6.45, 7) is 8.44. The van der Waals surface area contributed by atoms with E-state index in [1.54, 1.807) is 6.20 Å². The van der Waals surface area contributed by atoms with Gasteiger partial charge in [0.05, 0.1) is 5.75 Å². The topological polar surface area (TPSA) is 38.1 Å². The van der Waals surface area contributed by atoms with Crippen LogP contribution < -0.4 is 0 Å². The molecule has 134 valence electrons. The van der Waals surface area contributed by atoms with Gasteiger partial charge < -0.3 is 4.90 Å². The highest BCUT2D eigenvalue weighted by Gasteiger charge is 2.20. The van der Waals surface area contributed by atoms with Crippen LogP contribution in [0.15, 0.2) is 41.8 Å². The van der Waals surface area contributed by atoms with Gasteiger partial charge in [-0.3, -0.25) is 9.36 Å². The van der Waals surface area contributed by atoms with Crippen molar-refractivity contribution < 1.29 is 4.79 Å². The molecule has 4 nitrogen and oxygen atoms in total. The van der Waals surface area contributed by atoms with E-state index >= 15 is 0 Å². The maximum atomic E-state index is 12.4. The number of benzene rings is 1. The standard InChI is InChI=1S/C20H27N3OS/c1-15(2)17-4-6-18(7-5-17)23-13-10-21-20(23)25-14-19(24)22-11-8-16(3)9-12-22/h4-7,10,13,15-16H,8-9,11-12,14H2,1-3H3. The number of rotatable bonds is 5. The minimum atomic E-state index is 0.224. The third kappa shape index (κ3) is 4.46. The maximum absolute atomic E-state index is 12.4. The number of nitrogens with zero attached hydrogens (tertiary/aromatic N) is 3. The first-order valence-electron chi connectivity index (χ1n) is 9.09. The first kappa shape index (κ1) is 18.1. The molecule has 1 amide bonds. The fourth-order valence-corrected chi connectivity index (χ4v) is 3.96. The second kappa shape index (κ2) is 8.09. The molecule has 1 aliphatic heterocycles. The van der Waals surface area contributed by atoms with Gasteiger partial charge >= 0.3 is 0 Å². The lowest BCUT2D eigenvalue weighted by Gasteiger charge is -2.30. The van der Waals surface area contributed by atoms with E-state index in [0.717, 1.165) is 42.7 Å². The summed E-state index contributed by atoms with van der Waals surface area (Å²) < 4.78 is 2.06. The monoisotopic (exact) mass is 357 g/mol. The molecule has 1 aliphatic rings. The Morgan fingerprint density at radius 2 is 1.92 bits per heavy atom. The number of piperidine rings is 1. The Morgan fingerprint density at radius 3 is 2.56 bits per heavy atom. The smallest absolute Gasteiger partial charge is 0.233 e. The van der Waals surface area contributed by atoms with Gasteiger partial charge in [-0.15, -0.1) is 0 Å². The molecular formula is C20H27N3OS. The Labute approximate surface area is 154 Å². The summed E-state index contributed by atoms with van der Waals surface area (Å²) in [4.78, 5) is 18.9. The number of hydrogen-bond acceptors (Lipinski definition) is 3. The Balaban J connectivity index is 1.63. The fourth-order valence-electron chi connectivity index (χ4n) is 3.09. The minimum absolute atomic E-state index is 0.224. The normalized spacial score (nSPS) is 15.8. The molecule has 25 heavy (non-hydrogen) atoms. The zero-order valence-electron chi connectivity index (χ0n) is 15.3. The number of likely N-dealkylation sites (tertiary alicyclic amines) is 1. The summed E-state index contributed by atoms with van der Waals surface area (Å²) in [5.74, 6) is 1.94. The molecule has 1 aromatic carbocycles. The van der Waals surface area contributed by atoms with Crippen LogP contribution in [0.2, 0.25) is 0 Å². The molecular weight excluding hydrogens is 330 g/mol. The van der Waals surface area contributed by atoms with Gasteiger partial charge in [0.2, 0.25) is 5.91 Å². The highest BCUT2D eigenvalue weighted by molar-refractivity contribution is 7.99. The molecule has 2 aromatic rings. The summed E-state index contributed by atoms with van der Waals surface area (Å²) >= 11 is 1.52. The van der Waals surface area contributed by atoms with Crippen molar-refractivity contribution >= 4 is 17.7 Å². The summed E-state index contributed by atoms with van der Waals surface area (Å²) in [5.41, 5.74) is 2.41. The Hall–Kier alpha value is -1.75. The molecule has 0 saturated carbocycles. The number of amides is 1. The molecule has 0 spiro atoms. The van der Waals surface area contributed by atoms with Crippen LogP contribution >= 0.6 is 11.8 Å². The lowest BCUT2D eigenvalue weighted by atomic mass is 9.99. The number of aromatic nitrogens is 2. The van der Waals surface area contributed by atoms with Gasteiger partial charge in [-0.1, -0.05) is 44.7 Å². The van der Waals surface area contributed by atoms with Gasteiger partial charge in [0.15, 0.2) is 5.16 Å². The predicted octanol–water partition coefficient (Wildman–Crippen LogP) is 4.35. The number of hydrogen-bond donors (Lipinski definition) is 0. The van der Waals surface area contributed by atoms with Gasteiger partial charge in [-0.25, -0.2) is 4.98 Å². The molecule has 0 N–H and O–H groups in total. The van der Waals surface area contributed by atoms with E-state index in [1.165, 1.54) is 17.3 Å². The second-order valence-corrected chi connectivity index (χ2v) is 8.12. The molecule has 2 heterocycles. The van der Waals surface area contributed by atoms with Crippen LogP contribution in [0.5, 0.6) is 0 Å². The maximum Gasteiger partial charge on any atom is 0.233 e. The quantitative estimate of drug-likeness (QED) is 0.747. The Bertz CT molecular complexity index is 700. The van der Waals surface area contributed by atoms with Crippen molar-refractivity contribution in [3.05, 3.63) is 42.2 Å². The van der Waals surface area contributed by atoms with Gasteiger partial charge in [-0.2, -0.15) is 0 Å². The highest BCUT2D eigenvalue weighted by Crippen LogP contribution is 2.24. The van der Waals surface area contributed by atoms with Gasteiger partial charge in [0, 0.05) is 31.2 Å². The molecule has 1 aromatic heterocycles. The first-order valence-corrected chi connectivity index (χ1v) is 10.1. The van der Waals surface area contributed by atoms with Crippen molar-refractivity contribution in [2.24, 2.45) is 5.92 Å². The van der Waals surface area contributed by atoms with Crippen LogP contribution in [0.25, 0.3) is 5.69 Å². The zero-order chi connectivity index (χ0) is 17.8. The lowest BCUT2D eigenvalue weighted by molar-refractivity contribution is -0.129. The SMILES string of the molecule is CC1CCN(C(=O)CSc2nccn2-c2ccc(C(C)C)cc2)CC1. The molecule has 0 radical (unpaired) electrons. The Morgan fingerprint density at radius 1 is 1.24 bits per heavy atom. The molecule has 5 heteroatoms. The third-order valence-corrected chi connectivity index (χ3v) is 5.86. The average Bonchev–Trinajstić information content (AvgIpc) is 3.09. The van der Waals surface area contributed by atoms with Gasteiger partial charge in [0.25, 0.3) is 0 Å². The molecule has 3 rings (SSSR count). The molecule has 0 atom stereocenters. The molecule has 0 unspecified atom stereocenters. The van der Waals surface area contributed by atoms with Crippen LogP contribution in [-0.2, 0) is 4.79 Å². The van der Waals surface area contributed by atoms with Gasteiger partial charge in [-0.05, 0) is 42.4 Å². The van der Waals surface area contributed by atoms with Crippen LogP contribution in [0.1, 0.15) is 45.1 Å². The third-order valence-electron chi connectivity index (χ3n) is 4.91. The van der Waals surface area contributed by atoms with Crippen molar-refractivity contribution in [2.45, 2.75) is 44.7 Å². The second-order valence-electron chi connectivity index (χ2n) is 7.18. The average molecular weight is 358 g/mol. The number of imidazole rings is 1. The summed E-state index contributed by atoms with van der Waals surface area (Å²) in [7, 11) is 0. The van der Waals surface area contributed by atoms with Crippen LogP contribution in [0.3, 0.4) is 0 Å². The van der Waals surface area contributed by atoms with E-state index in [1.807, 2.05) is 11.1 Å². The summed E-state index contributed by atoms with van der Waals surface area (Å²) in [5, 5.41) is 0.871. The predicted molar refractivity (Wildman–Crippen MR) is 103 cm³/mol. The van der Waals surface area contributed by atoms with Crippen molar-refractivity contribution in [3.63, 3.8) is 0 Å². The van der Waals surface area contributed by atoms with E-state index in [2.05, 4.69) is 54.6 Å². The van der Waals surface area contributed by atoms with Gasteiger partial charge in [0.1, 0.15) is 0 Å². The number of carbonyl (C=O) groups is 1. The molecule has 1 saturated heterocycles. The highest BCUT2D eigenvalue weighted by atomic mass is 32.2. The fraction of sp³-hybridized carbons (Fsp3) is 0.500. The lowest BCUT2D eigenvalue weighted by Crippen LogP contribution is -2.38. The minimum Gasteiger partial charge on any atom is -0.342 e. The molecule has 0 bridgehead atoms. The van der Waals surface area contributed by atoms with E-state index in [0.29, 0.717) is 11.7 Å². The first-order chi connectivity index (χ1) is 12.0. The van der Waals surface area contributed by atoms with Crippen molar-refractivity contribution in [3.8, 4) is 5.69 Å². The summed E-state index contributed by atoms with van der Waals surface area (Å²) in [6, 6.07) is 8.56. The van der Waals surface area contributed by atoms with E-state index in [-0.39, 0.29) is 5.91 Å². The number of carbonyl (C=O) groups excluding carboxylic acids is 1. The largest absolute Gasteiger partial charge is 0.342 e. The van der Waals surface area contributed by atoms with E-state index < -0.39 is 0 Å². The summed E-state index contributed by atoms with van der Waals surface area (Å²) in [6.07, 6.45) is 5.99. The number of thioether (sulfide) groups is 1. The zero-order valence-corrected chi connectivity index (χ0v) is 16.1. The van der Waals surface area contributed by atoms with Crippen molar-refractivity contribution in [1.29, 1.82) is 0 Å². The molecule has 0 aliphatic carbocycles. The van der Waals surface area contributed by atoms with Crippen molar-refractivity contribution in [1.82, 2.24) is 14.5 Å². The van der Waals surface area contributed by atoms with Crippen molar-refractivity contribution in [2.75, 3.05) is 18.8 Å². The Kier molecular flexibility index (Phi) is 5.84. The van der Waals surface area contributed by atoms with Crippen LogP contribution in [0, 0.1) is 5.92 Å². The van der Waals surface area contributed by atoms with E-state index in [4.69, 9.17) is 0 Å². The molecule has 1 fully saturated rings. The van der Waals surface area contributed by atoms with Crippen LogP contribution in [0.4, 0.5) is 0 Å². The van der Waals surface area contributed by atoms with E-state index in [9.17, 15) is 4.79 Å².